The van der Waals surface area contributed by atoms with Crippen molar-refractivity contribution in [2.75, 3.05) is 20.0 Å². The molecule has 124 valence electrons. The number of aromatic nitrogens is 2. The van der Waals surface area contributed by atoms with E-state index in [9.17, 15) is 10.1 Å². The number of H-pyrrole nitrogens is 1. The maximum Gasteiger partial charge on any atom is 0.270 e. The molecule has 24 heavy (non-hydrogen) atoms. The van der Waals surface area contributed by atoms with Crippen LogP contribution in [0.5, 0.6) is 11.5 Å². The van der Waals surface area contributed by atoms with Crippen molar-refractivity contribution in [2.24, 2.45) is 0 Å². The third kappa shape index (κ3) is 3.55. The number of nitriles is 1. The molecule has 0 bridgehead atoms. The number of ether oxygens (including phenoxy) is 2. The average Bonchev–Trinajstić information content (AvgIpc) is 2.59. The predicted octanol–water partition coefficient (Wildman–Crippen LogP) is 3.26. The Balaban J connectivity index is 2.69. The normalized spacial score (nSPS) is 10.1. The fourth-order valence-electron chi connectivity index (χ4n) is 1.99. The van der Waals surface area contributed by atoms with Gasteiger partial charge in [0.2, 0.25) is 0 Å². The number of aromatic amines is 1. The van der Waals surface area contributed by atoms with Crippen LogP contribution in [0.25, 0.3) is 11.3 Å². The van der Waals surface area contributed by atoms with Crippen LogP contribution in [0.2, 0.25) is 5.02 Å². The van der Waals surface area contributed by atoms with E-state index in [2.05, 4.69) is 16.5 Å². The van der Waals surface area contributed by atoms with Crippen LogP contribution in [0, 0.1) is 11.3 Å². The van der Waals surface area contributed by atoms with Crippen molar-refractivity contribution in [1.29, 1.82) is 5.26 Å². The summed E-state index contributed by atoms with van der Waals surface area (Å²) in [6.07, 6.45) is 3.36. The Morgan fingerprint density at radius 1 is 1.50 bits per heavy atom. The summed E-state index contributed by atoms with van der Waals surface area (Å²) >= 11 is 7.57. The van der Waals surface area contributed by atoms with Gasteiger partial charge in [-0.25, -0.2) is 4.98 Å². The smallest absolute Gasteiger partial charge is 0.270 e. The molecule has 1 aromatic carbocycles. The largest absolute Gasteiger partial charge is 0.493 e. The minimum Gasteiger partial charge on any atom is -0.493 e. The molecule has 0 saturated carbocycles. The van der Waals surface area contributed by atoms with Gasteiger partial charge in [0.25, 0.3) is 5.56 Å². The van der Waals surface area contributed by atoms with Gasteiger partial charge < -0.3 is 14.5 Å². The zero-order chi connectivity index (χ0) is 17.7. The van der Waals surface area contributed by atoms with E-state index < -0.39 is 5.56 Å². The summed E-state index contributed by atoms with van der Waals surface area (Å²) < 4.78 is 10.8. The van der Waals surface area contributed by atoms with Crippen LogP contribution in [0.3, 0.4) is 0 Å². The summed E-state index contributed by atoms with van der Waals surface area (Å²) in [5.41, 5.74) is -0.0213. The molecule has 0 unspecified atom stereocenters. The highest BCUT2D eigenvalue weighted by Crippen LogP contribution is 2.38. The Kier molecular flexibility index (Phi) is 5.90. The van der Waals surface area contributed by atoms with Gasteiger partial charge >= 0.3 is 0 Å². The Morgan fingerprint density at radius 2 is 2.25 bits per heavy atom. The second-order valence-electron chi connectivity index (χ2n) is 4.49. The first-order valence-electron chi connectivity index (χ1n) is 6.75. The van der Waals surface area contributed by atoms with Crippen LogP contribution in [0.15, 0.2) is 34.7 Å². The van der Waals surface area contributed by atoms with E-state index in [1.54, 1.807) is 24.5 Å². The van der Waals surface area contributed by atoms with Crippen molar-refractivity contribution in [3.63, 3.8) is 0 Å². The quantitative estimate of drug-likeness (QED) is 0.481. The van der Waals surface area contributed by atoms with Crippen LogP contribution in [-0.4, -0.2) is 29.9 Å². The lowest BCUT2D eigenvalue weighted by atomic mass is 10.1. The van der Waals surface area contributed by atoms with Crippen molar-refractivity contribution >= 4 is 23.4 Å². The molecule has 1 N–H and O–H groups in total. The topological polar surface area (TPSA) is 88.0 Å². The van der Waals surface area contributed by atoms with Crippen LogP contribution >= 0.6 is 23.4 Å². The van der Waals surface area contributed by atoms with E-state index in [1.165, 1.54) is 18.9 Å². The monoisotopic (exact) mass is 363 g/mol. The number of methoxy groups -OCH3 is 1. The maximum atomic E-state index is 12.1. The number of hydrogen-bond donors (Lipinski definition) is 1. The molecular formula is C16H14ClN3O3S. The number of hydrogen-bond acceptors (Lipinski definition) is 6. The molecule has 2 aromatic rings. The fraction of sp³-hybridized carbons (Fsp3) is 0.188. The molecule has 8 heteroatoms. The van der Waals surface area contributed by atoms with Crippen LogP contribution < -0.4 is 15.0 Å². The van der Waals surface area contributed by atoms with Gasteiger partial charge in [-0.05, 0) is 12.3 Å². The number of nitrogens with zero attached hydrogens (tertiary/aromatic N) is 2. The number of nitrogens with one attached hydrogen (secondary N) is 1. The number of halogens is 1. The van der Waals surface area contributed by atoms with E-state index in [1.807, 2.05) is 6.07 Å². The van der Waals surface area contributed by atoms with E-state index in [0.717, 1.165) is 0 Å². The number of thioether (sulfide) groups is 1. The molecule has 0 aliphatic carbocycles. The van der Waals surface area contributed by atoms with Gasteiger partial charge in [0.1, 0.15) is 18.2 Å². The highest BCUT2D eigenvalue weighted by Gasteiger charge is 2.19. The molecule has 0 amide bonds. The first kappa shape index (κ1) is 17.9. The third-order valence-electron chi connectivity index (χ3n) is 3.07. The number of rotatable bonds is 6. The van der Waals surface area contributed by atoms with Gasteiger partial charge in [-0.1, -0.05) is 36.0 Å². The van der Waals surface area contributed by atoms with Gasteiger partial charge in [0.15, 0.2) is 16.7 Å². The second-order valence-corrected chi connectivity index (χ2v) is 5.70. The van der Waals surface area contributed by atoms with E-state index in [0.29, 0.717) is 22.2 Å². The second kappa shape index (κ2) is 7.90. The van der Waals surface area contributed by atoms with Crippen LogP contribution in [0.4, 0.5) is 0 Å². The zero-order valence-corrected chi connectivity index (χ0v) is 14.6. The maximum absolute atomic E-state index is 12.1. The highest BCUT2D eigenvalue weighted by atomic mass is 35.5. The molecular weight excluding hydrogens is 350 g/mol. The fourth-order valence-corrected chi connectivity index (χ4v) is 2.61. The van der Waals surface area contributed by atoms with Crippen molar-refractivity contribution in [3.8, 4) is 28.8 Å². The highest BCUT2D eigenvalue weighted by molar-refractivity contribution is 7.98. The third-order valence-corrected chi connectivity index (χ3v) is 3.96. The molecule has 0 fully saturated rings. The minimum atomic E-state index is -0.520. The summed E-state index contributed by atoms with van der Waals surface area (Å²) in [6, 6.07) is 5.02. The number of benzene rings is 1. The van der Waals surface area contributed by atoms with Gasteiger partial charge in [0, 0.05) is 11.6 Å². The molecule has 1 heterocycles. The van der Waals surface area contributed by atoms with Crippen molar-refractivity contribution in [1.82, 2.24) is 9.97 Å². The summed E-state index contributed by atoms with van der Waals surface area (Å²) in [5.74, 6) is 0.840. The summed E-state index contributed by atoms with van der Waals surface area (Å²) in [7, 11) is 1.48. The molecule has 0 spiro atoms. The average molecular weight is 364 g/mol. The SMILES string of the molecule is C=CCOc1cc(Cl)c(-c2nc(SC)[nH]c(=O)c2C#N)cc1OC. The summed E-state index contributed by atoms with van der Waals surface area (Å²) in [5, 5.41) is 9.96. The van der Waals surface area contributed by atoms with Crippen molar-refractivity contribution < 1.29 is 9.47 Å². The van der Waals surface area contributed by atoms with E-state index >= 15 is 0 Å². The van der Waals surface area contributed by atoms with Crippen LogP contribution in [0.1, 0.15) is 5.56 Å². The molecule has 1 aromatic heterocycles. The van der Waals surface area contributed by atoms with E-state index in [-0.39, 0.29) is 22.9 Å². The van der Waals surface area contributed by atoms with Gasteiger partial charge in [0.05, 0.1) is 17.8 Å². The molecule has 6 nitrogen and oxygen atoms in total. The van der Waals surface area contributed by atoms with E-state index in [4.69, 9.17) is 21.1 Å². The lowest BCUT2D eigenvalue weighted by Gasteiger charge is -2.13. The van der Waals surface area contributed by atoms with Crippen molar-refractivity contribution in [2.45, 2.75) is 5.16 Å². The predicted molar refractivity (Wildman–Crippen MR) is 94.0 cm³/mol. The summed E-state index contributed by atoms with van der Waals surface area (Å²) in [6.45, 7) is 3.87. The minimum absolute atomic E-state index is 0.114. The first-order valence-corrected chi connectivity index (χ1v) is 8.36. The zero-order valence-electron chi connectivity index (χ0n) is 13.1. The van der Waals surface area contributed by atoms with Gasteiger partial charge in [-0.3, -0.25) is 4.79 Å². The Bertz CT molecular complexity index is 874. The Hall–Kier alpha value is -2.43. The molecule has 0 aliphatic heterocycles. The lowest BCUT2D eigenvalue weighted by Crippen LogP contribution is -2.14. The van der Waals surface area contributed by atoms with Crippen LogP contribution in [-0.2, 0) is 0 Å². The molecule has 0 saturated heterocycles. The van der Waals surface area contributed by atoms with Crippen molar-refractivity contribution in [3.05, 3.63) is 45.7 Å². The Morgan fingerprint density at radius 3 is 2.83 bits per heavy atom. The standard InChI is InChI=1S/C16H14ClN3O3S/c1-4-5-23-13-7-11(17)9(6-12(13)22-2)14-10(8-18)15(21)20-16(19-14)24-3/h4,6-7H,1,5H2,2-3H3,(H,19,20,21). The lowest BCUT2D eigenvalue weighted by molar-refractivity contribution is 0.326. The molecule has 0 radical (unpaired) electrons. The molecule has 0 atom stereocenters. The Labute approximate surface area is 148 Å². The molecule has 0 aliphatic rings. The summed E-state index contributed by atoms with van der Waals surface area (Å²) in [4.78, 5) is 18.9. The molecule has 2 rings (SSSR count). The first-order chi connectivity index (χ1) is 11.5. The van der Waals surface area contributed by atoms with Gasteiger partial charge in [-0.2, -0.15) is 5.26 Å². The van der Waals surface area contributed by atoms with Gasteiger partial charge in [-0.15, -0.1) is 0 Å².